The molecule has 0 saturated heterocycles. The van der Waals surface area contributed by atoms with Crippen LogP contribution in [0, 0.1) is 5.92 Å². The van der Waals surface area contributed by atoms with E-state index >= 15 is 0 Å². The van der Waals surface area contributed by atoms with Crippen molar-refractivity contribution in [2.45, 2.75) is 39.7 Å². The summed E-state index contributed by atoms with van der Waals surface area (Å²) in [4.78, 5) is 24.2. The molecule has 0 amide bonds. The van der Waals surface area contributed by atoms with Crippen LogP contribution in [0.25, 0.3) is 26.6 Å². The number of benzene rings is 3. The summed E-state index contributed by atoms with van der Waals surface area (Å²) in [5, 5.41) is 9.77. The largest absolute Gasteiger partial charge is 0.478 e. The van der Waals surface area contributed by atoms with Crippen LogP contribution in [0.2, 0.25) is 0 Å². The topological polar surface area (TPSA) is 98.9 Å². The minimum absolute atomic E-state index is 0. The first-order valence-corrected chi connectivity index (χ1v) is 13.3. The molecule has 0 unspecified atom stereocenters. The number of rotatable bonds is 9. The maximum Gasteiger partial charge on any atom is 0.328 e. The Morgan fingerprint density at radius 3 is 2.26 bits per heavy atom. The van der Waals surface area contributed by atoms with Gasteiger partial charge in [-0.25, -0.2) is 9.59 Å². The molecule has 0 bridgehead atoms. The molecule has 0 aliphatic heterocycles. The SMILES string of the molecule is CC(C)c1ccccc1-c1sc2cc(OC(=O)[C@@H](N)C(C)C)ccc2c1Oc1ccc(C=CC(=O)O)cc1.Cl. The molecular formula is C31H32ClNO5S. The zero-order valence-corrected chi connectivity index (χ0v) is 23.8. The molecule has 1 heterocycles. The Morgan fingerprint density at radius 1 is 0.949 bits per heavy atom. The van der Waals surface area contributed by atoms with Gasteiger partial charge in [0.2, 0.25) is 0 Å². The molecule has 0 fully saturated rings. The van der Waals surface area contributed by atoms with E-state index in [1.54, 1.807) is 29.5 Å². The Bertz CT molecular complexity index is 1490. The first-order chi connectivity index (χ1) is 18.1. The molecule has 4 aromatic rings. The zero-order chi connectivity index (χ0) is 27.4. The number of carbonyl (C=O) groups excluding carboxylic acids is 1. The van der Waals surface area contributed by atoms with Gasteiger partial charge >= 0.3 is 11.9 Å². The van der Waals surface area contributed by atoms with Crippen molar-refractivity contribution in [3.05, 3.63) is 83.9 Å². The second kappa shape index (κ2) is 12.9. The summed E-state index contributed by atoms with van der Waals surface area (Å²) in [5.74, 6) is 0.582. The molecule has 6 nitrogen and oxygen atoms in total. The van der Waals surface area contributed by atoms with Crippen LogP contribution in [0.4, 0.5) is 0 Å². The van der Waals surface area contributed by atoms with Crippen LogP contribution < -0.4 is 15.2 Å². The van der Waals surface area contributed by atoms with Gasteiger partial charge < -0.3 is 20.3 Å². The van der Waals surface area contributed by atoms with Crippen molar-refractivity contribution >= 4 is 51.8 Å². The van der Waals surface area contributed by atoms with E-state index in [0.29, 0.717) is 23.2 Å². The normalized spacial score (nSPS) is 12.1. The minimum Gasteiger partial charge on any atom is -0.478 e. The van der Waals surface area contributed by atoms with Crippen molar-refractivity contribution in [2.75, 3.05) is 0 Å². The molecule has 3 N–H and O–H groups in total. The van der Waals surface area contributed by atoms with Crippen LogP contribution >= 0.6 is 23.7 Å². The number of carboxylic acids is 1. The highest BCUT2D eigenvalue weighted by Crippen LogP contribution is 2.48. The summed E-state index contributed by atoms with van der Waals surface area (Å²) >= 11 is 1.57. The third-order valence-electron chi connectivity index (χ3n) is 6.17. The molecule has 0 spiro atoms. The van der Waals surface area contributed by atoms with Crippen molar-refractivity contribution in [3.63, 3.8) is 0 Å². The number of esters is 1. The van der Waals surface area contributed by atoms with Crippen molar-refractivity contribution < 1.29 is 24.2 Å². The minimum atomic E-state index is -1.00. The highest BCUT2D eigenvalue weighted by molar-refractivity contribution is 7.22. The Hall–Kier alpha value is -3.65. The van der Waals surface area contributed by atoms with E-state index < -0.39 is 18.0 Å². The van der Waals surface area contributed by atoms with Gasteiger partial charge in [0.25, 0.3) is 0 Å². The summed E-state index contributed by atoms with van der Waals surface area (Å²) in [7, 11) is 0. The van der Waals surface area contributed by atoms with Crippen LogP contribution in [-0.4, -0.2) is 23.1 Å². The lowest BCUT2D eigenvalue weighted by Gasteiger charge is -2.14. The summed E-state index contributed by atoms with van der Waals surface area (Å²) in [6.45, 7) is 8.08. The van der Waals surface area contributed by atoms with Gasteiger partial charge in [0.15, 0.2) is 5.75 Å². The summed E-state index contributed by atoms with van der Waals surface area (Å²) in [6.07, 6.45) is 2.63. The maximum absolute atomic E-state index is 12.4. The second-order valence-corrected chi connectivity index (χ2v) is 10.7. The fourth-order valence-electron chi connectivity index (χ4n) is 3.99. The number of carboxylic acid groups (broad SMARTS) is 1. The van der Waals surface area contributed by atoms with Crippen LogP contribution in [0.3, 0.4) is 0 Å². The standard InChI is InChI=1S/C31H31NO5S.ClH/c1-18(2)23-7-5-6-8-24(23)30-29(36-21-12-9-20(10-13-21)11-16-27(33)34)25-15-14-22(17-26(25)38-30)37-31(35)28(32)19(3)4;/h5-19,28H,32H2,1-4H3,(H,33,34);1H/t28-;/m0./s1. The quantitative estimate of drug-likeness (QED) is 0.122. The molecule has 204 valence electrons. The lowest BCUT2D eigenvalue weighted by molar-refractivity contribution is -0.137. The molecule has 4 rings (SSSR count). The molecule has 3 aromatic carbocycles. The highest BCUT2D eigenvalue weighted by Gasteiger charge is 2.22. The number of nitrogens with two attached hydrogens (primary N) is 1. The Kier molecular flexibility index (Phi) is 9.92. The van der Waals surface area contributed by atoms with Crippen molar-refractivity contribution in [1.29, 1.82) is 0 Å². The van der Waals surface area contributed by atoms with E-state index in [-0.39, 0.29) is 18.3 Å². The van der Waals surface area contributed by atoms with Crippen molar-refractivity contribution in [2.24, 2.45) is 11.7 Å². The number of aliphatic carboxylic acids is 1. The zero-order valence-electron chi connectivity index (χ0n) is 22.2. The number of halogens is 1. The Balaban J connectivity index is 0.00000420. The molecule has 0 aliphatic rings. The van der Waals surface area contributed by atoms with Gasteiger partial charge in [-0.05, 0) is 64.9 Å². The van der Waals surface area contributed by atoms with Crippen LogP contribution in [0.1, 0.15) is 44.7 Å². The molecule has 39 heavy (non-hydrogen) atoms. The number of hydrogen-bond donors (Lipinski definition) is 2. The number of hydrogen-bond acceptors (Lipinski definition) is 6. The van der Waals surface area contributed by atoms with Gasteiger partial charge in [0.05, 0.1) is 4.88 Å². The monoisotopic (exact) mass is 565 g/mol. The van der Waals surface area contributed by atoms with Crippen LogP contribution in [0.15, 0.2) is 72.8 Å². The van der Waals surface area contributed by atoms with Crippen molar-refractivity contribution in [1.82, 2.24) is 0 Å². The van der Waals surface area contributed by atoms with E-state index in [2.05, 4.69) is 26.0 Å². The predicted molar refractivity (Wildman–Crippen MR) is 160 cm³/mol. The maximum atomic E-state index is 12.4. The van der Waals surface area contributed by atoms with Gasteiger partial charge in [-0.2, -0.15) is 0 Å². The van der Waals surface area contributed by atoms with Gasteiger partial charge in [0.1, 0.15) is 17.5 Å². The summed E-state index contributed by atoms with van der Waals surface area (Å²) < 4.78 is 13.0. The van der Waals surface area contributed by atoms with E-state index in [1.165, 1.54) is 11.6 Å². The van der Waals surface area contributed by atoms with E-state index in [0.717, 1.165) is 32.2 Å². The van der Waals surface area contributed by atoms with E-state index in [4.69, 9.17) is 20.3 Å². The summed E-state index contributed by atoms with van der Waals surface area (Å²) in [5.41, 5.74) is 9.02. The van der Waals surface area contributed by atoms with Crippen molar-refractivity contribution in [3.8, 4) is 27.7 Å². The number of carbonyl (C=O) groups is 2. The fourth-order valence-corrected chi connectivity index (χ4v) is 5.20. The first kappa shape index (κ1) is 29.9. The van der Waals surface area contributed by atoms with Crippen LogP contribution in [0.5, 0.6) is 17.2 Å². The van der Waals surface area contributed by atoms with Gasteiger partial charge in [-0.3, -0.25) is 0 Å². The average molecular weight is 566 g/mol. The number of thiophene rings is 1. The van der Waals surface area contributed by atoms with Gasteiger partial charge in [-0.1, -0.05) is 64.1 Å². The first-order valence-electron chi connectivity index (χ1n) is 12.5. The highest BCUT2D eigenvalue weighted by atomic mass is 35.5. The van der Waals surface area contributed by atoms with Gasteiger partial charge in [0, 0.05) is 16.2 Å². The predicted octanol–water partition coefficient (Wildman–Crippen LogP) is 7.89. The average Bonchev–Trinajstić information content (AvgIpc) is 3.24. The van der Waals surface area contributed by atoms with Gasteiger partial charge in [-0.15, -0.1) is 23.7 Å². The number of fused-ring (bicyclic) bond motifs is 1. The fraction of sp³-hybridized carbons (Fsp3) is 0.226. The van der Waals surface area contributed by atoms with E-state index in [9.17, 15) is 9.59 Å². The third-order valence-corrected chi connectivity index (χ3v) is 7.34. The lowest BCUT2D eigenvalue weighted by atomic mass is 9.96. The summed E-state index contributed by atoms with van der Waals surface area (Å²) in [6, 6.07) is 20.3. The molecule has 0 radical (unpaired) electrons. The Labute approximate surface area is 238 Å². The second-order valence-electron chi connectivity index (χ2n) is 9.69. The molecule has 8 heteroatoms. The molecule has 1 aromatic heterocycles. The molecule has 1 atom stereocenters. The Morgan fingerprint density at radius 2 is 1.62 bits per heavy atom. The number of ether oxygens (including phenoxy) is 2. The molecule has 0 aliphatic carbocycles. The molecule has 0 saturated carbocycles. The lowest BCUT2D eigenvalue weighted by Crippen LogP contribution is -2.38. The molecular weight excluding hydrogens is 534 g/mol. The van der Waals surface area contributed by atoms with Crippen LogP contribution in [-0.2, 0) is 9.59 Å². The third kappa shape index (κ3) is 7.06. The smallest absolute Gasteiger partial charge is 0.328 e. The van der Waals surface area contributed by atoms with E-state index in [1.807, 2.05) is 50.2 Å².